The molecule has 1 aliphatic carbocycles. The monoisotopic (exact) mass is 512 g/mol. The predicted octanol–water partition coefficient (Wildman–Crippen LogP) is 5.68. The van der Waals surface area contributed by atoms with Gasteiger partial charge in [-0.05, 0) is 44.0 Å². The SMILES string of the molecule is C=C(C)OC(=O)N1c2cc(F)ccc2N(COCC[Si](C)(C)C)C(=O)C1(C#CC1CC1)C(F)(F)F. The zero-order valence-corrected chi connectivity index (χ0v) is 21.1. The number of alkyl halides is 3. The molecule has 1 aromatic rings. The third kappa shape index (κ3) is 5.70. The number of allylic oxidation sites excluding steroid dienone is 1. The Hall–Kier alpha value is -2.84. The number of rotatable bonds is 6. The fourth-order valence-corrected chi connectivity index (χ4v) is 4.20. The Morgan fingerprint density at radius 1 is 1.26 bits per heavy atom. The molecule has 2 aliphatic rings. The van der Waals surface area contributed by atoms with E-state index in [1.165, 1.54) is 6.92 Å². The van der Waals surface area contributed by atoms with Gasteiger partial charge in [0.25, 0.3) is 11.4 Å². The molecule has 0 spiro atoms. The highest BCUT2D eigenvalue weighted by atomic mass is 28.3. The van der Waals surface area contributed by atoms with Crippen molar-refractivity contribution in [3.8, 4) is 11.8 Å². The first-order chi connectivity index (χ1) is 16.2. The first kappa shape index (κ1) is 26.8. The van der Waals surface area contributed by atoms with E-state index in [2.05, 4.69) is 38.1 Å². The molecule has 0 aromatic heterocycles. The molecule has 1 fully saturated rings. The second-order valence-corrected chi connectivity index (χ2v) is 15.5. The fourth-order valence-electron chi connectivity index (χ4n) is 3.44. The Morgan fingerprint density at radius 3 is 2.46 bits per heavy atom. The average Bonchev–Trinajstić information content (AvgIpc) is 3.53. The van der Waals surface area contributed by atoms with Gasteiger partial charge in [-0.1, -0.05) is 38.1 Å². The minimum Gasteiger partial charge on any atom is -0.415 e. The first-order valence-corrected chi connectivity index (χ1v) is 14.8. The minimum absolute atomic E-state index is 0.0936. The van der Waals surface area contributed by atoms with Gasteiger partial charge >= 0.3 is 12.3 Å². The average molecular weight is 513 g/mol. The van der Waals surface area contributed by atoms with Crippen LogP contribution in [0.25, 0.3) is 0 Å². The fraction of sp³-hybridized carbons (Fsp3) is 0.500. The van der Waals surface area contributed by atoms with E-state index in [0.29, 0.717) is 18.9 Å². The molecule has 11 heteroatoms. The quantitative estimate of drug-likeness (QED) is 0.162. The molecular weight excluding hydrogens is 484 g/mol. The minimum atomic E-state index is -5.35. The highest BCUT2D eigenvalue weighted by Crippen LogP contribution is 2.48. The summed E-state index contributed by atoms with van der Waals surface area (Å²) in [4.78, 5) is 27.5. The molecule has 0 saturated heterocycles. The Balaban J connectivity index is 2.18. The summed E-state index contributed by atoms with van der Waals surface area (Å²) in [6, 6.07) is 3.57. The van der Waals surface area contributed by atoms with Crippen LogP contribution in [0.1, 0.15) is 19.8 Å². The van der Waals surface area contributed by atoms with E-state index >= 15 is 0 Å². The highest BCUT2D eigenvalue weighted by molar-refractivity contribution is 6.76. The number of anilines is 2. The van der Waals surface area contributed by atoms with Crippen molar-refractivity contribution < 1.29 is 36.6 Å². The lowest BCUT2D eigenvalue weighted by Gasteiger charge is -2.46. The molecule has 3 rings (SSSR count). The molecule has 0 bridgehead atoms. The third-order valence-electron chi connectivity index (χ3n) is 5.46. The maximum atomic E-state index is 14.8. The molecule has 6 nitrogen and oxygen atoms in total. The van der Waals surface area contributed by atoms with Crippen molar-refractivity contribution in [2.45, 2.75) is 57.2 Å². The lowest BCUT2D eigenvalue weighted by atomic mass is 9.90. The molecule has 0 radical (unpaired) electrons. The van der Waals surface area contributed by atoms with Crippen molar-refractivity contribution in [2.24, 2.45) is 5.92 Å². The number of ether oxygens (including phenoxy) is 2. The van der Waals surface area contributed by atoms with Gasteiger partial charge in [-0.3, -0.25) is 9.69 Å². The van der Waals surface area contributed by atoms with E-state index < -0.39 is 50.0 Å². The molecule has 1 heterocycles. The molecule has 1 aromatic carbocycles. The molecule has 190 valence electrons. The van der Waals surface area contributed by atoms with E-state index in [4.69, 9.17) is 9.47 Å². The van der Waals surface area contributed by atoms with Crippen LogP contribution < -0.4 is 9.80 Å². The summed E-state index contributed by atoms with van der Waals surface area (Å²) in [6.45, 7) is 10.7. The maximum Gasteiger partial charge on any atom is 0.433 e. The molecule has 0 N–H and O–H groups in total. The first-order valence-electron chi connectivity index (χ1n) is 11.1. The van der Waals surface area contributed by atoms with Gasteiger partial charge in [-0.15, -0.1) is 0 Å². The van der Waals surface area contributed by atoms with Crippen molar-refractivity contribution in [3.05, 3.63) is 36.4 Å². The number of carbonyl (C=O) groups excluding carboxylic acids is 2. The van der Waals surface area contributed by atoms with Crippen molar-refractivity contribution in [1.29, 1.82) is 0 Å². The van der Waals surface area contributed by atoms with Crippen LogP contribution in [0.15, 0.2) is 30.5 Å². The van der Waals surface area contributed by atoms with E-state index in [1.807, 2.05) is 0 Å². The molecule has 35 heavy (non-hydrogen) atoms. The van der Waals surface area contributed by atoms with Gasteiger partial charge in [-0.2, -0.15) is 13.2 Å². The van der Waals surface area contributed by atoms with Crippen molar-refractivity contribution >= 4 is 31.4 Å². The third-order valence-corrected chi connectivity index (χ3v) is 7.17. The van der Waals surface area contributed by atoms with Gasteiger partial charge in [0.05, 0.1) is 17.1 Å². The summed E-state index contributed by atoms with van der Waals surface area (Å²) in [6.07, 6.45) is -5.72. The van der Waals surface area contributed by atoms with Crippen molar-refractivity contribution in [3.63, 3.8) is 0 Å². The second-order valence-electron chi connectivity index (χ2n) is 9.87. The lowest BCUT2D eigenvalue weighted by molar-refractivity contribution is -0.178. The van der Waals surface area contributed by atoms with E-state index in [1.54, 1.807) is 0 Å². The number of fused-ring (bicyclic) bond motifs is 1. The molecule has 1 aliphatic heterocycles. The van der Waals surface area contributed by atoms with Crippen LogP contribution in [0.3, 0.4) is 0 Å². The Labute approximate surface area is 202 Å². The van der Waals surface area contributed by atoms with Crippen LogP contribution in [0.5, 0.6) is 0 Å². The van der Waals surface area contributed by atoms with E-state index in [0.717, 1.165) is 23.1 Å². The van der Waals surface area contributed by atoms with Crippen LogP contribution >= 0.6 is 0 Å². The Kier molecular flexibility index (Phi) is 7.39. The summed E-state index contributed by atoms with van der Waals surface area (Å²) < 4.78 is 69.2. The number of benzene rings is 1. The number of nitrogens with zero attached hydrogens (tertiary/aromatic N) is 2. The molecule has 2 amide bonds. The standard InChI is InChI=1S/C24H28F4N2O4Si/c1-16(2)34-22(32)30-20-14-18(25)8-9-19(20)29(15-33-12-13-35(3,4)5)21(31)23(30,24(26,27)28)11-10-17-6-7-17/h8-9,14,17H,1,6-7,12-13,15H2,2-5H3. The van der Waals surface area contributed by atoms with Gasteiger partial charge < -0.3 is 9.47 Å². The summed E-state index contributed by atoms with van der Waals surface area (Å²) in [5.74, 6) is 1.57. The zero-order valence-electron chi connectivity index (χ0n) is 20.1. The van der Waals surface area contributed by atoms with Crippen LogP contribution in [0.2, 0.25) is 25.7 Å². The van der Waals surface area contributed by atoms with Gasteiger partial charge in [0.2, 0.25) is 0 Å². The zero-order chi connectivity index (χ0) is 26.2. The lowest BCUT2D eigenvalue weighted by Crippen LogP contribution is -2.71. The van der Waals surface area contributed by atoms with Crippen molar-refractivity contribution in [2.75, 3.05) is 23.1 Å². The Morgan fingerprint density at radius 2 is 1.91 bits per heavy atom. The number of hydrogen-bond donors (Lipinski definition) is 0. The van der Waals surface area contributed by atoms with Gasteiger partial charge in [0.15, 0.2) is 0 Å². The summed E-state index contributed by atoms with van der Waals surface area (Å²) in [5, 5.41) is 0. The van der Waals surface area contributed by atoms with Crippen LogP contribution in [-0.2, 0) is 14.3 Å². The molecule has 1 saturated carbocycles. The summed E-state index contributed by atoms with van der Waals surface area (Å²) >= 11 is 0. The largest absolute Gasteiger partial charge is 0.433 e. The number of halogens is 4. The topological polar surface area (TPSA) is 59.1 Å². The van der Waals surface area contributed by atoms with Crippen LogP contribution in [-0.4, -0.2) is 45.1 Å². The van der Waals surface area contributed by atoms with Gasteiger partial charge in [0.1, 0.15) is 12.5 Å². The number of hydrogen-bond acceptors (Lipinski definition) is 4. The Bertz CT molecular complexity index is 1090. The molecule has 1 atom stereocenters. The molecule has 1 unspecified atom stereocenters. The maximum absolute atomic E-state index is 14.8. The summed E-state index contributed by atoms with van der Waals surface area (Å²) in [5.41, 5.74) is -4.27. The van der Waals surface area contributed by atoms with Gasteiger partial charge in [0, 0.05) is 20.6 Å². The van der Waals surface area contributed by atoms with Crippen LogP contribution in [0, 0.1) is 23.6 Å². The number of amides is 2. The van der Waals surface area contributed by atoms with Crippen LogP contribution in [0.4, 0.5) is 33.7 Å². The van der Waals surface area contributed by atoms with E-state index in [-0.39, 0.29) is 28.9 Å². The molecular formula is C24H28F4N2O4Si. The van der Waals surface area contributed by atoms with E-state index in [9.17, 15) is 27.2 Å². The normalized spacial score (nSPS) is 20.2. The second kappa shape index (κ2) is 9.66. The smallest absolute Gasteiger partial charge is 0.415 e. The number of carbonyl (C=O) groups is 2. The van der Waals surface area contributed by atoms with Gasteiger partial charge in [-0.25, -0.2) is 14.1 Å². The van der Waals surface area contributed by atoms with Crippen molar-refractivity contribution in [1.82, 2.24) is 0 Å². The summed E-state index contributed by atoms with van der Waals surface area (Å²) in [7, 11) is -1.52. The highest BCUT2D eigenvalue weighted by Gasteiger charge is 2.70. The predicted molar refractivity (Wildman–Crippen MR) is 126 cm³/mol.